The molecular formula is C29H31F6N5O6. The van der Waals surface area contributed by atoms with Gasteiger partial charge in [-0.25, -0.2) is 9.59 Å². The Morgan fingerprint density at radius 3 is 2.11 bits per heavy atom. The number of benzene rings is 1. The van der Waals surface area contributed by atoms with Gasteiger partial charge in [0, 0.05) is 29.0 Å². The van der Waals surface area contributed by atoms with Crippen molar-refractivity contribution < 1.29 is 55.7 Å². The Hall–Kier alpha value is -4.67. The molecule has 1 aliphatic carbocycles. The number of fused-ring (bicyclic) bond motifs is 1. The molecule has 1 saturated heterocycles. The van der Waals surface area contributed by atoms with Crippen LogP contribution in [0.15, 0.2) is 54.9 Å². The van der Waals surface area contributed by atoms with Gasteiger partial charge in [-0.3, -0.25) is 14.6 Å². The maximum atomic E-state index is 12.8. The van der Waals surface area contributed by atoms with E-state index in [1.165, 1.54) is 18.4 Å². The molecule has 11 nitrogen and oxygen atoms in total. The molecule has 17 heteroatoms. The number of hydrogen-bond acceptors (Lipinski definition) is 6. The number of alkyl halides is 6. The number of pyridine rings is 1. The van der Waals surface area contributed by atoms with E-state index in [1.807, 2.05) is 18.2 Å². The third-order valence-electron chi connectivity index (χ3n) is 7.53. The molecular weight excluding hydrogens is 628 g/mol. The summed E-state index contributed by atoms with van der Waals surface area (Å²) in [6, 6.07) is 13.7. The number of aromatic nitrogens is 2. The minimum atomic E-state index is -5.08. The number of amides is 2. The maximum absolute atomic E-state index is 12.8. The zero-order valence-corrected chi connectivity index (χ0v) is 24.2. The molecule has 2 amide bonds. The minimum absolute atomic E-state index is 0.101. The topological polar surface area (TPSA) is 174 Å². The van der Waals surface area contributed by atoms with E-state index in [0.717, 1.165) is 29.6 Å². The third kappa shape index (κ3) is 9.66. The molecule has 3 atom stereocenters. The van der Waals surface area contributed by atoms with Crippen LogP contribution in [0.1, 0.15) is 37.4 Å². The Kier molecular flexibility index (Phi) is 11.4. The van der Waals surface area contributed by atoms with E-state index >= 15 is 0 Å². The number of carbonyl (C=O) groups is 4. The predicted molar refractivity (Wildman–Crippen MR) is 150 cm³/mol. The second-order valence-electron chi connectivity index (χ2n) is 10.7. The van der Waals surface area contributed by atoms with Crippen LogP contribution in [0.2, 0.25) is 0 Å². The molecule has 2 aliphatic rings. The molecule has 0 spiro atoms. The lowest BCUT2D eigenvalue weighted by atomic mass is 9.81. The number of H-pyrrole nitrogens is 1. The van der Waals surface area contributed by atoms with Gasteiger partial charge < -0.3 is 31.1 Å². The molecule has 6 N–H and O–H groups in total. The Balaban J connectivity index is 0.000000345. The summed E-state index contributed by atoms with van der Waals surface area (Å²) < 4.78 is 63.5. The fourth-order valence-corrected chi connectivity index (χ4v) is 5.04. The van der Waals surface area contributed by atoms with Crippen molar-refractivity contribution in [1.82, 2.24) is 25.9 Å². The molecule has 0 radical (unpaired) electrons. The molecule has 1 aromatic carbocycles. The highest BCUT2D eigenvalue weighted by Gasteiger charge is 2.53. The molecule has 5 rings (SSSR count). The van der Waals surface area contributed by atoms with E-state index in [2.05, 4.69) is 50.2 Å². The van der Waals surface area contributed by atoms with Crippen molar-refractivity contribution in [2.75, 3.05) is 6.54 Å². The van der Waals surface area contributed by atoms with Gasteiger partial charge in [0.2, 0.25) is 11.8 Å². The zero-order chi connectivity index (χ0) is 34.3. The molecule has 1 aliphatic heterocycles. The van der Waals surface area contributed by atoms with Crippen LogP contribution in [0, 0.1) is 5.92 Å². The van der Waals surface area contributed by atoms with Crippen molar-refractivity contribution >= 4 is 34.7 Å². The molecule has 3 heterocycles. The van der Waals surface area contributed by atoms with Crippen molar-refractivity contribution in [2.24, 2.45) is 5.92 Å². The lowest BCUT2D eigenvalue weighted by Gasteiger charge is -2.23. The average molecular weight is 660 g/mol. The number of nitrogens with one attached hydrogen (secondary N) is 4. The Labute approximate surface area is 257 Å². The number of rotatable bonds is 7. The number of carboxylic acid groups (broad SMARTS) is 2. The first-order chi connectivity index (χ1) is 21.4. The van der Waals surface area contributed by atoms with Gasteiger partial charge in [0.05, 0.1) is 12.6 Å². The summed E-state index contributed by atoms with van der Waals surface area (Å²) in [6.07, 6.45) is -3.49. The largest absolute Gasteiger partial charge is 0.490 e. The molecule has 3 aromatic rings. The molecule has 2 fully saturated rings. The number of carbonyl (C=O) groups excluding carboxylic acids is 2. The molecule has 46 heavy (non-hydrogen) atoms. The quantitative estimate of drug-likeness (QED) is 0.209. The van der Waals surface area contributed by atoms with E-state index in [9.17, 15) is 35.9 Å². The second-order valence-corrected chi connectivity index (χ2v) is 10.7. The van der Waals surface area contributed by atoms with E-state index in [4.69, 9.17) is 19.8 Å². The first-order valence-corrected chi connectivity index (χ1v) is 13.8. The van der Waals surface area contributed by atoms with Crippen molar-refractivity contribution in [3.8, 4) is 0 Å². The van der Waals surface area contributed by atoms with Crippen molar-refractivity contribution in [3.63, 3.8) is 0 Å². The maximum Gasteiger partial charge on any atom is 0.490 e. The highest BCUT2D eigenvalue weighted by Crippen LogP contribution is 2.56. The number of aromatic amines is 1. The van der Waals surface area contributed by atoms with E-state index < -0.39 is 30.3 Å². The second kappa shape index (κ2) is 14.6. The van der Waals surface area contributed by atoms with Gasteiger partial charge in [-0.05, 0) is 61.8 Å². The molecule has 0 unspecified atom stereocenters. The molecule has 1 saturated carbocycles. The van der Waals surface area contributed by atoms with E-state index in [1.54, 1.807) is 19.3 Å². The third-order valence-corrected chi connectivity index (χ3v) is 7.53. The Morgan fingerprint density at radius 2 is 1.59 bits per heavy atom. The standard InChI is InChI=1S/C25H29N5O2.2C2HF3O2/c1-16(23(31)28-15-20-11-17-13-26-10-7-21(17)30-20)29-24(32)22-12-19(14-27-22)25(8-9-25)18-5-3-2-4-6-18;2*3-2(4,5)1(6)7/h2-7,10-11,13,16,19,22,27,30H,8-9,12,14-15H2,1H3,(H,28,31)(H,29,32);2*(H,6,7)/t16-,19-,22+;;/m0../s1. The summed E-state index contributed by atoms with van der Waals surface area (Å²) in [5, 5.41) is 24.4. The van der Waals surface area contributed by atoms with Crippen LogP contribution >= 0.6 is 0 Å². The Morgan fingerprint density at radius 1 is 1.00 bits per heavy atom. The van der Waals surface area contributed by atoms with Crippen LogP contribution in [0.5, 0.6) is 0 Å². The summed E-state index contributed by atoms with van der Waals surface area (Å²) >= 11 is 0. The normalized spacial score (nSPS) is 19.0. The lowest BCUT2D eigenvalue weighted by Crippen LogP contribution is -2.49. The fraction of sp³-hybridized carbons (Fsp3) is 0.414. The van der Waals surface area contributed by atoms with Crippen LogP contribution in [-0.2, 0) is 31.1 Å². The summed E-state index contributed by atoms with van der Waals surface area (Å²) in [7, 11) is 0. The molecule has 2 aromatic heterocycles. The summed E-state index contributed by atoms with van der Waals surface area (Å²) in [4.78, 5) is 50.5. The summed E-state index contributed by atoms with van der Waals surface area (Å²) in [5.74, 6) is -5.37. The zero-order valence-electron chi connectivity index (χ0n) is 24.2. The number of nitrogens with zero attached hydrogens (tertiary/aromatic N) is 1. The predicted octanol–water partition coefficient (Wildman–Crippen LogP) is 3.66. The van der Waals surface area contributed by atoms with E-state index in [0.29, 0.717) is 12.5 Å². The van der Waals surface area contributed by atoms with Crippen LogP contribution in [0.4, 0.5) is 26.3 Å². The van der Waals surface area contributed by atoms with Crippen LogP contribution in [-0.4, -0.2) is 74.9 Å². The summed E-state index contributed by atoms with van der Waals surface area (Å²) in [5.41, 5.74) is 3.47. The van der Waals surface area contributed by atoms with Crippen molar-refractivity contribution in [2.45, 2.75) is 62.6 Å². The van der Waals surface area contributed by atoms with Crippen molar-refractivity contribution in [3.05, 3.63) is 66.1 Å². The van der Waals surface area contributed by atoms with Crippen LogP contribution in [0.3, 0.4) is 0 Å². The number of hydrogen-bond donors (Lipinski definition) is 6. The van der Waals surface area contributed by atoms with Gasteiger partial charge in [0.25, 0.3) is 0 Å². The smallest absolute Gasteiger partial charge is 0.475 e. The SMILES string of the molecule is C[C@H](NC(=O)[C@H]1C[C@H](C2(c3ccccc3)CC2)CN1)C(=O)NCc1cc2cnccc2[nH]1.O=C(O)C(F)(F)F.O=C(O)C(F)(F)F. The van der Waals surface area contributed by atoms with Gasteiger partial charge in [-0.2, -0.15) is 26.3 Å². The number of aliphatic carboxylic acids is 2. The highest BCUT2D eigenvalue weighted by molar-refractivity contribution is 5.89. The van der Waals surface area contributed by atoms with Gasteiger partial charge in [-0.15, -0.1) is 0 Å². The minimum Gasteiger partial charge on any atom is -0.475 e. The first kappa shape index (κ1) is 35.8. The molecule has 250 valence electrons. The monoisotopic (exact) mass is 659 g/mol. The average Bonchev–Trinajstić information content (AvgIpc) is 3.44. The lowest BCUT2D eigenvalue weighted by molar-refractivity contribution is -0.193. The van der Waals surface area contributed by atoms with Gasteiger partial charge in [0.1, 0.15) is 6.04 Å². The van der Waals surface area contributed by atoms with Crippen LogP contribution < -0.4 is 16.0 Å². The summed E-state index contributed by atoms with van der Waals surface area (Å²) in [6.45, 7) is 2.93. The first-order valence-electron chi connectivity index (χ1n) is 13.8. The molecule has 0 bridgehead atoms. The fourth-order valence-electron chi connectivity index (χ4n) is 5.04. The number of halogens is 6. The Bertz CT molecular complexity index is 1470. The van der Waals surface area contributed by atoms with Gasteiger partial charge >= 0.3 is 24.3 Å². The number of carboxylic acids is 2. The van der Waals surface area contributed by atoms with Crippen LogP contribution in [0.25, 0.3) is 10.9 Å². The van der Waals surface area contributed by atoms with Gasteiger partial charge in [-0.1, -0.05) is 30.3 Å². The van der Waals surface area contributed by atoms with E-state index in [-0.39, 0.29) is 23.3 Å². The highest BCUT2D eigenvalue weighted by atomic mass is 19.4. The van der Waals surface area contributed by atoms with Gasteiger partial charge in [0.15, 0.2) is 0 Å². The van der Waals surface area contributed by atoms with Crippen molar-refractivity contribution in [1.29, 1.82) is 0 Å².